The average molecular weight is 640 g/mol. The fourth-order valence-electron chi connectivity index (χ4n) is 4.28. The number of nitrogens with one attached hydrogen (secondary N) is 6. The molecular weight excluding hydrogens is 602 g/mol. The molecule has 1 saturated heterocycles. The Bertz CT molecular complexity index is 1240. The number of hydrogen-bond acceptors (Lipinski definition) is 11. The van der Waals surface area contributed by atoms with Gasteiger partial charge in [-0.1, -0.05) is 0 Å². The van der Waals surface area contributed by atoms with Gasteiger partial charge in [0, 0.05) is 31.3 Å². The number of imidazole rings is 1. The van der Waals surface area contributed by atoms with Gasteiger partial charge in [0.15, 0.2) is 0 Å². The van der Waals surface area contributed by atoms with Crippen LogP contribution in [0.4, 0.5) is 0 Å². The van der Waals surface area contributed by atoms with Crippen LogP contribution in [-0.2, 0) is 44.8 Å². The van der Waals surface area contributed by atoms with Gasteiger partial charge in [-0.25, -0.2) is 4.98 Å². The van der Waals surface area contributed by atoms with Gasteiger partial charge in [0.1, 0.15) is 24.7 Å². The molecule has 0 saturated carbocycles. The zero-order valence-corrected chi connectivity index (χ0v) is 24.1. The van der Waals surface area contributed by atoms with E-state index in [9.17, 15) is 43.5 Å². The number of carbonyl (C=O) groups is 8. The van der Waals surface area contributed by atoms with Gasteiger partial charge in [0.05, 0.1) is 32.1 Å². The number of aliphatic hydroxyl groups is 1. The first-order chi connectivity index (χ1) is 21.3. The molecule has 0 radical (unpaired) electrons. The molecule has 4 unspecified atom stereocenters. The molecule has 20 heteroatoms. The lowest BCUT2D eigenvalue weighted by atomic mass is 10.1. The highest BCUT2D eigenvalue weighted by Crippen LogP contribution is 2.19. The lowest BCUT2D eigenvalue weighted by Gasteiger charge is -2.28. The minimum absolute atomic E-state index is 0.0453. The van der Waals surface area contributed by atoms with E-state index in [1.807, 2.05) is 5.32 Å². The minimum Gasteiger partial charge on any atom is -0.481 e. The molecule has 6 amide bonds. The van der Waals surface area contributed by atoms with E-state index < -0.39 is 97.8 Å². The number of aliphatic hydroxyl groups excluding tert-OH is 1. The monoisotopic (exact) mass is 639 g/mol. The SMILES string of the molecule is NC(CCC(=O)O)C(=O)NCC(=O)NC(Cc1cnc[nH]1)C(=O)N1CCCC1C(=O)NCC(=O)NC(CO)C(=O)NCC(=O)O. The van der Waals surface area contributed by atoms with Gasteiger partial charge in [-0.05, 0) is 19.3 Å². The highest BCUT2D eigenvalue weighted by Gasteiger charge is 2.38. The summed E-state index contributed by atoms with van der Waals surface area (Å²) in [6.45, 7) is -2.59. The maximum atomic E-state index is 13.6. The van der Waals surface area contributed by atoms with Crippen LogP contribution in [-0.4, -0.2) is 135 Å². The average Bonchev–Trinajstić information content (AvgIpc) is 3.71. The third-order valence-corrected chi connectivity index (χ3v) is 6.55. The first-order valence-corrected chi connectivity index (χ1v) is 13.8. The van der Waals surface area contributed by atoms with E-state index in [0.29, 0.717) is 12.1 Å². The van der Waals surface area contributed by atoms with Crippen molar-refractivity contribution < 1.29 is 53.7 Å². The number of carboxylic acid groups (broad SMARTS) is 2. The maximum Gasteiger partial charge on any atom is 0.322 e. The van der Waals surface area contributed by atoms with Crippen molar-refractivity contribution in [3.8, 4) is 0 Å². The maximum absolute atomic E-state index is 13.6. The Kier molecular flexibility index (Phi) is 14.3. The Morgan fingerprint density at radius 3 is 2.18 bits per heavy atom. The van der Waals surface area contributed by atoms with Crippen LogP contribution in [0.15, 0.2) is 12.5 Å². The van der Waals surface area contributed by atoms with Crippen LogP contribution in [0.25, 0.3) is 0 Å². The summed E-state index contributed by atoms with van der Waals surface area (Å²) < 4.78 is 0. The lowest BCUT2D eigenvalue weighted by Crippen LogP contribution is -2.56. The van der Waals surface area contributed by atoms with Gasteiger partial charge >= 0.3 is 11.9 Å². The first-order valence-electron chi connectivity index (χ1n) is 13.8. The normalized spacial score (nSPS) is 16.0. The largest absolute Gasteiger partial charge is 0.481 e. The van der Waals surface area contributed by atoms with Crippen LogP contribution in [0, 0.1) is 0 Å². The molecule has 20 nitrogen and oxygen atoms in total. The second kappa shape index (κ2) is 17.9. The number of aliphatic carboxylic acids is 2. The number of aromatic nitrogens is 2. The fourth-order valence-corrected chi connectivity index (χ4v) is 4.28. The van der Waals surface area contributed by atoms with E-state index in [1.54, 1.807) is 0 Å². The predicted octanol–water partition coefficient (Wildman–Crippen LogP) is -5.47. The summed E-state index contributed by atoms with van der Waals surface area (Å²) in [6, 6.07) is -4.82. The number of carbonyl (C=O) groups excluding carboxylic acids is 6. The molecule has 45 heavy (non-hydrogen) atoms. The number of carboxylic acids is 2. The van der Waals surface area contributed by atoms with Gasteiger partial charge in [0.25, 0.3) is 0 Å². The number of hydrogen-bond donors (Lipinski definition) is 10. The van der Waals surface area contributed by atoms with Gasteiger partial charge < -0.3 is 57.5 Å². The topological polar surface area (TPSA) is 315 Å². The predicted molar refractivity (Wildman–Crippen MR) is 149 cm³/mol. The van der Waals surface area contributed by atoms with Crippen molar-refractivity contribution in [1.29, 1.82) is 0 Å². The van der Waals surface area contributed by atoms with E-state index in [0.717, 1.165) is 0 Å². The Morgan fingerprint density at radius 2 is 1.58 bits per heavy atom. The molecule has 1 aliphatic rings. The number of nitrogens with zero attached hydrogens (tertiary/aromatic N) is 2. The van der Waals surface area contributed by atoms with Crippen LogP contribution in [0.1, 0.15) is 31.4 Å². The molecule has 11 N–H and O–H groups in total. The fraction of sp³-hybridized carbons (Fsp3) is 0.560. The summed E-state index contributed by atoms with van der Waals surface area (Å²) >= 11 is 0. The van der Waals surface area contributed by atoms with Crippen molar-refractivity contribution >= 4 is 47.4 Å². The molecule has 1 aliphatic heterocycles. The minimum atomic E-state index is -1.46. The van der Waals surface area contributed by atoms with Gasteiger partial charge in [-0.3, -0.25) is 38.4 Å². The smallest absolute Gasteiger partial charge is 0.322 e. The summed E-state index contributed by atoms with van der Waals surface area (Å²) in [5, 5.41) is 38.1. The van der Waals surface area contributed by atoms with Crippen LogP contribution >= 0.6 is 0 Å². The zero-order chi connectivity index (χ0) is 33.5. The summed E-state index contributed by atoms with van der Waals surface area (Å²) in [7, 11) is 0. The molecule has 0 bridgehead atoms. The molecule has 1 aromatic rings. The summed E-state index contributed by atoms with van der Waals surface area (Å²) in [5.41, 5.74) is 6.12. The van der Waals surface area contributed by atoms with Crippen molar-refractivity contribution in [2.24, 2.45) is 5.73 Å². The molecule has 248 valence electrons. The standard InChI is InChI=1S/C25H37N9O11/c26-14(3-4-20(38)39)22(42)28-8-18(36)32-15(6-13-7-27-12-31-13)25(45)34-5-1-2-17(34)24(44)29-9-19(37)33-16(11-35)23(43)30-10-21(40)41/h7,12,14-17,35H,1-6,8-11,26H2,(H,27,31)(H,28,42)(H,29,44)(H,30,43)(H,32,36)(H,33,37)(H,38,39)(H,40,41). The van der Waals surface area contributed by atoms with Crippen molar-refractivity contribution in [2.75, 3.05) is 32.8 Å². The lowest BCUT2D eigenvalue weighted by molar-refractivity contribution is -0.141. The number of amides is 6. The van der Waals surface area contributed by atoms with Crippen LogP contribution in [0.5, 0.6) is 0 Å². The molecule has 4 atom stereocenters. The van der Waals surface area contributed by atoms with E-state index >= 15 is 0 Å². The van der Waals surface area contributed by atoms with Crippen molar-refractivity contribution in [1.82, 2.24) is 41.5 Å². The molecular formula is C25H37N9O11. The third-order valence-electron chi connectivity index (χ3n) is 6.55. The zero-order valence-electron chi connectivity index (χ0n) is 24.1. The Morgan fingerprint density at radius 1 is 0.933 bits per heavy atom. The van der Waals surface area contributed by atoms with Gasteiger partial charge in [-0.2, -0.15) is 0 Å². The molecule has 2 rings (SSSR count). The van der Waals surface area contributed by atoms with Gasteiger partial charge in [-0.15, -0.1) is 0 Å². The number of aromatic amines is 1. The Hall–Kier alpha value is -5.11. The highest BCUT2D eigenvalue weighted by atomic mass is 16.4. The summed E-state index contributed by atoms with van der Waals surface area (Å²) in [5.74, 6) is -7.11. The van der Waals surface area contributed by atoms with E-state index in [-0.39, 0.29) is 32.2 Å². The highest BCUT2D eigenvalue weighted by molar-refractivity contribution is 5.95. The second-order valence-corrected chi connectivity index (χ2v) is 9.98. The molecule has 1 aromatic heterocycles. The molecule has 0 aromatic carbocycles. The summed E-state index contributed by atoms with van der Waals surface area (Å²) in [4.78, 5) is 105. The quantitative estimate of drug-likeness (QED) is 0.0718. The van der Waals surface area contributed by atoms with Crippen LogP contribution in [0.2, 0.25) is 0 Å². The van der Waals surface area contributed by atoms with E-state index in [4.69, 9.17) is 15.9 Å². The Labute approximate surface area is 255 Å². The second-order valence-electron chi connectivity index (χ2n) is 9.98. The number of H-pyrrole nitrogens is 1. The van der Waals surface area contributed by atoms with Gasteiger partial charge in [0.2, 0.25) is 35.4 Å². The van der Waals surface area contributed by atoms with Crippen molar-refractivity contribution in [3.05, 3.63) is 18.2 Å². The Balaban J connectivity index is 1.99. The van der Waals surface area contributed by atoms with Crippen LogP contribution < -0.4 is 32.3 Å². The first kappa shape index (κ1) is 36.1. The van der Waals surface area contributed by atoms with Crippen LogP contribution in [0.3, 0.4) is 0 Å². The third kappa shape index (κ3) is 12.2. The molecule has 0 spiro atoms. The number of likely N-dealkylation sites (tertiary alicyclic amines) is 1. The number of nitrogens with two attached hydrogens (primary N) is 1. The van der Waals surface area contributed by atoms with E-state index in [2.05, 4.69) is 31.2 Å². The molecule has 2 heterocycles. The number of rotatable bonds is 18. The van der Waals surface area contributed by atoms with Crippen molar-refractivity contribution in [3.63, 3.8) is 0 Å². The van der Waals surface area contributed by atoms with Crippen molar-refractivity contribution in [2.45, 2.75) is 56.3 Å². The van der Waals surface area contributed by atoms with E-state index in [1.165, 1.54) is 17.4 Å². The summed E-state index contributed by atoms with van der Waals surface area (Å²) in [6.07, 6.45) is 2.94. The molecule has 0 aliphatic carbocycles. The molecule has 1 fully saturated rings.